The zero-order valence-corrected chi connectivity index (χ0v) is 19.5. The van der Waals surface area contributed by atoms with E-state index in [1.807, 2.05) is 72.8 Å². The van der Waals surface area contributed by atoms with Gasteiger partial charge in [0.1, 0.15) is 18.1 Å². The molecule has 0 atom stereocenters. The maximum absolute atomic E-state index is 12.5. The smallest absolute Gasteiger partial charge is 0.222 e. The minimum absolute atomic E-state index is 0.0664. The van der Waals surface area contributed by atoms with Gasteiger partial charge in [0.2, 0.25) is 5.91 Å². The third-order valence-corrected chi connectivity index (χ3v) is 5.17. The minimum Gasteiger partial charge on any atom is -0.497 e. The lowest BCUT2D eigenvalue weighted by Crippen LogP contribution is -2.26. The van der Waals surface area contributed by atoms with Gasteiger partial charge in [-0.25, -0.2) is 0 Å². The van der Waals surface area contributed by atoms with E-state index in [2.05, 4.69) is 0 Å². The summed E-state index contributed by atoms with van der Waals surface area (Å²) in [5.74, 6) is 2.94. The second-order valence-corrected chi connectivity index (χ2v) is 7.64. The minimum atomic E-state index is 0.0664. The molecule has 0 saturated carbocycles. The maximum atomic E-state index is 12.5. The Labute approximate surface area is 195 Å². The van der Waals surface area contributed by atoms with Crippen LogP contribution in [0.4, 0.5) is 0 Å². The third-order valence-electron chi connectivity index (χ3n) is 5.17. The predicted molar refractivity (Wildman–Crippen MR) is 128 cm³/mol. The highest BCUT2D eigenvalue weighted by molar-refractivity contribution is 5.75. The fourth-order valence-corrected chi connectivity index (χ4v) is 3.30. The first kappa shape index (κ1) is 24.0. The number of hydrogen-bond acceptors (Lipinski definition) is 5. The quantitative estimate of drug-likeness (QED) is 0.360. The highest BCUT2D eigenvalue weighted by Crippen LogP contribution is 2.29. The van der Waals surface area contributed by atoms with Crippen molar-refractivity contribution in [1.82, 2.24) is 4.90 Å². The van der Waals surface area contributed by atoms with Crippen molar-refractivity contribution in [2.24, 2.45) is 0 Å². The van der Waals surface area contributed by atoms with Crippen LogP contribution in [0.5, 0.6) is 23.0 Å². The first-order valence-electron chi connectivity index (χ1n) is 10.9. The summed E-state index contributed by atoms with van der Waals surface area (Å²) in [5, 5.41) is 0. The number of ether oxygens (including phenoxy) is 4. The lowest BCUT2D eigenvalue weighted by atomic mass is 10.1. The van der Waals surface area contributed by atoms with E-state index in [-0.39, 0.29) is 5.91 Å². The number of nitrogens with zero attached hydrogens (tertiary/aromatic N) is 1. The number of benzene rings is 3. The number of carbonyl (C=O) groups excluding carboxylic acids is 1. The summed E-state index contributed by atoms with van der Waals surface area (Å²) >= 11 is 0. The summed E-state index contributed by atoms with van der Waals surface area (Å²) < 4.78 is 22.2. The second kappa shape index (κ2) is 12.4. The van der Waals surface area contributed by atoms with Crippen LogP contribution in [0.25, 0.3) is 0 Å². The van der Waals surface area contributed by atoms with Gasteiger partial charge in [0, 0.05) is 20.0 Å². The third kappa shape index (κ3) is 7.45. The molecule has 0 aliphatic carbocycles. The van der Waals surface area contributed by atoms with Gasteiger partial charge in [-0.15, -0.1) is 0 Å². The Morgan fingerprint density at radius 3 is 2.21 bits per heavy atom. The molecule has 0 aliphatic heterocycles. The van der Waals surface area contributed by atoms with Crippen LogP contribution in [-0.4, -0.2) is 38.7 Å². The molecule has 0 unspecified atom stereocenters. The summed E-state index contributed by atoms with van der Waals surface area (Å²) in [7, 11) is 5.05. The van der Waals surface area contributed by atoms with E-state index in [0.29, 0.717) is 44.1 Å². The molecule has 0 aromatic heterocycles. The van der Waals surface area contributed by atoms with Gasteiger partial charge in [0.05, 0.1) is 20.8 Å². The maximum Gasteiger partial charge on any atom is 0.222 e. The van der Waals surface area contributed by atoms with Gasteiger partial charge in [0.15, 0.2) is 11.5 Å². The normalized spacial score (nSPS) is 10.4. The van der Waals surface area contributed by atoms with Crippen LogP contribution in [-0.2, 0) is 17.9 Å². The van der Waals surface area contributed by atoms with Crippen molar-refractivity contribution in [1.29, 1.82) is 0 Å². The molecular formula is C27H31NO5. The van der Waals surface area contributed by atoms with Crippen molar-refractivity contribution in [3.05, 3.63) is 83.9 Å². The molecule has 6 heteroatoms. The molecule has 3 aromatic carbocycles. The van der Waals surface area contributed by atoms with Crippen LogP contribution < -0.4 is 18.9 Å². The van der Waals surface area contributed by atoms with E-state index in [9.17, 15) is 4.79 Å². The van der Waals surface area contributed by atoms with Gasteiger partial charge in [0.25, 0.3) is 0 Å². The highest BCUT2D eigenvalue weighted by Gasteiger charge is 2.12. The summed E-state index contributed by atoms with van der Waals surface area (Å²) in [4.78, 5) is 14.2. The molecule has 0 radical (unpaired) electrons. The monoisotopic (exact) mass is 449 g/mol. The zero-order chi connectivity index (χ0) is 23.5. The predicted octanol–water partition coefficient (Wildman–Crippen LogP) is 5.10. The fraction of sp³-hybridized carbons (Fsp3) is 0.296. The Balaban J connectivity index is 1.45. The number of carbonyl (C=O) groups is 1. The Hall–Kier alpha value is -3.67. The largest absolute Gasteiger partial charge is 0.497 e. The molecular weight excluding hydrogens is 418 g/mol. The highest BCUT2D eigenvalue weighted by atomic mass is 16.5. The van der Waals surface area contributed by atoms with Crippen molar-refractivity contribution in [3.63, 3.8) is 0 Å². The summed E-state index contributed by atoms with van der Waals surface area (Å²) in [6.45, 7) is 1.44. The van der Waals surface area contributed by atoms with Crippen molar-refractivity contribution < 1.29 is 23.7 Å². The second-order valence-electron chi connectivity index (χ2n) is 7.64. The molecule has 3 rings (SSSR count). The summed E-state index contributed by atoms with van der Waals surface area (Å²) in [6.07, 6.45) is 1.06. The molecule has 0 saturated heterocycles. The standard InChI is InChI=1S/C27H31NO5/c1-28(27(29)10-7-17-32-24-14-12-23(30-2)13-15-24)19-22-11-16-25(26(18-22)31-3)33-20-21-8-5-4-6-9-21/h4-6,8-9,11-16,18H,7,10,17,19-20H2,1-3H3. The van der Waals surface area contributed by atoms with Gasteiger partial charge in [-0.3, -0.25) is 4.79 Å². The Morgan fingerprint density at radius 1 is 0.788 bits per heavy atom. The molecule has 0 fully saturated rings. The molecule has 0 aliphatic rings. The van der Waals surface area contributed by atoms with Gasteiger partial charge < -0.3 is 23.8 Å². The molecule has 174 valence electrons. The fourth-order valence-electron chi connectivity index (χ4n) is 3.30. The average Bonchev–Trinajstić information content (AvgIpc) is 2.86. The Morgan fingerprint density at radius 2 is 1.52 bits per heavy atom. The lowest BCUT2D eigenvalue weighted by Gasteiger charge is -2.19. The average molecular weight is 450 g/mol. The van der Waals surface area contributed by atoms with Crippen molar-refractivity contribution in [3.8, 4) is 23.0 Å². The van der Waals surface area contributed by atoms with Crippen molar-refractivity contribution >= 4 is 5.91 Å². The number of hydrogen-bond donors (Lipinski definition) is 0. The number of amides is 1. The van der Waals surface area contributed by atoms with Crippen LogP contribution >= 0.6 is 0 Å². The van der Waals surface area contributed by atoms with Crippen LogP contribution in [0.1, 0.15) is 24.0 Å². The van der Waals surface area contributed by atoms with Crippen LogP contribution in [0.15, 0.2) is 72.8 Å². The van der Waals surface area contributed by atoms with Gasteiger partial charge in [-0.05, 0) is 53.9 Å². The molecule has 0 bridgehead atoms. The first-order valence-corrected chi connectivity index (χ1v) is 10.9. The number of rotatable bonds is 12. The molecule has 0 spiro atoms. The van der Waals surface area contributed by atoms with Crippen LogP contribution in [0.3, 0.4) is 0 Å². The van der Waals surface area contributed by atoms with Gasteiger partial charge in [-0.1, -0.05) is 36.4 Å². The topological polar surface area (TPSA) is 57.2 Å². The first-order chi connectivity index (χ1) is 16.1. The lowest BCUT2D eigenvalue weighted by molar-refractivity contribution is -0.130. The molecule has 33 heavy (non-hydrogen) atoms. The van der Waals surface area contributed by atoms with E-state index < -0.39 is 0 Å². The van der Waals surface area contributed by atoms with E-state index in [4.69, 9.17) is 18.9 Å². The van der Waals surface area contributed by atoms with E-state index >= 15 is 0 Å². The molecule has 0 heterocycles. The van der Waals surface area contributed by atoms with E-state index in [0.717, 1.165) is 22.6 Å². The molecule has 0 N–H and O–H groups in total. The molecule has 1 amide bonds. The molecule has 3 aromatic rings. The number of methoxy groups -OCH3 is 2. The zero-order valence-electron chi connectivity index (χ0n) is 19.5. The summed E-state index contributed by atoms with van der Waals surface area (Å²) in [6, 6.07) is 23.1. The van der Waals surface area contributed by atoms with Crippen LogP contribution in [0.2, 0.25) is 0 Å². The van der Waals surface area contributed by atoms with Crippen molar-refractivity contribution in [2.75, 3.05) is 27.9 Å². The summed E-state index contributed by atoms with van der Waals surface area (Å²) in [5.41, 5.74) is 2.06. The van der Waals surface area contributed by atoms with E-state index in [1.165, 1.54) is 0 Å². The Kier molecular flexibility index (Phi) is 9.00. The van der Waals surface area contributed by atoms with Gasteiger partial charge >= 0.3 is 0 Å². The van der Waals surface area contributed by atoms with E-state index in [1.54, 1.807) is 26.2 Å². The Bertz CT molecular complexity index is 1000. The SMILES string of the molecule is COc1ccc(OCCCC(=O)N(C)Cc2ccc(OCc3ccccc3)c(OC)c2)cc1. The van der Waals surface area contributed by atoms with Crippen molar-refractivity contribution in [2.45, 2.75) is 26.0 Å². The van der Waals surface area contributed by atoms with Gasteiger partial charge in [-0.2, -0.15) is 0 Å². The van der Waals surface area contributed by atoms with Crippen LogP contribution in [0, 0.1) is 0 Å². The molecule has 6 nitrogen and oxygen atoms in total.